The first kappa shape index (κ1) is 62.4. The monoisotopic (exact) mass is 911 g/mol. The Bertz CT molecular complexity index is 1140. The van der Waals surface area contributed by atoms with Crippen molar-refractivity contribution in [2.45, 2.75) is 297 Å². The largest absolute Gasteiger partial charge is 0.462 e. The SMILES string of the molecule is CC/C=C\C/C=C\C/C=C\C/C=C\CCCCC(=O)O[C@H](COC(=O)CCCCCCCCCCCCCCCC)COC(=O)CCCCCCCCCCCCCCCCCCCC. The molecule has 0 spiro atoms. The molecule has 0 aromatic heterocycles. The molecule has 0 saturated carbocycles. The lowest BCUT2D eigenvalue weighted by Gasteiger charge is -2.18. The lowest BCUT2D eigenvalue weighted by Crippen LogP contribution is -2.30. The molecular weight excluding hydrogens is 805 g/mol. The van der Waals surface area contributed by atoms with E-state index in [1.165, 1.54) is 167 Å². The Kier molecular flexibility index (Phi) is 51.8. The minimum atomic E-state index is -0.790. The normalized spacial score (nSPS) is 12.4. The molecule has 0 amide bonds. The number of ether oxygens (including phenoxy) is 3. The number of allylic oxidation sites excluding steroid dienone is 8. The molecule has 0 unspecified atom stereocenters. The van der Waals surface area contributed by atoms with Gasteiger partial charge in [0.25, 0.3) is 0 Å². The lowest BCUT2D eigenvalue weighted by molar-refractivity contribution is -0.167. The van der Waals surface area contributed by atoms with E-state index in [9.17, 15) is 14.4 Å². The van der Waals surface area contributed by atoms with Crippen LogP contribution in [0.25, 0.3) is 0 Å². The third-order valence-electron chi connectivity index (χ3n) is 12.3. The van der Waals surface area contributed by atoms with Gasteiger partial charge in [-0.3, -0.25) is 14.4 Å². The van der Waals surface area contributed by atoms with Crippen molar-refractivity contribution in [2.75, 3.05) is 13.2 Å². The van der Waals surface area contributed by atoms with Gasteiger partial charge in [-0.2, -0.15) is 0 Å². The molecule has 0 saturated heterocycles. The molecule has 0 N–H and O–H groups in total. The summed E-state index contributed by atoms with van der Waals surface area (Å²) in [5, 5.41) is 0. The summed E-state index contributed by atoms with van der Waals surface area (Å²) in [6, 6.07) is 0. The van der Waals surface area contributed by atoms with Crippen molar-refractivity contribution in [2.24, 2.45) is 0 Å². The number of esters is 3. The maximum Gasteiger partial charge on any atom is 0.306 e. The molecule has 0 aromatic carbocycles. The molecule has 0 aliphatic carbocycles. The van der Waals surface area contributed by atoms with Crippen molar-refractivity contribution in [1.82, 2.24) is 0 Å². The Hall–Kier alpha value is -2.63. The predicted molar refractivity (Wildman–Crippen MR) is 279 cm³/mol. The Balaban J connectivity index is 4.38. The van der Waals surface area contributed by atoms with E-state index in [1.807, 2.05) is 0 Å². The predicted octanol–water partition coefficient (Wildman–Crippen LogP) is 18.7. The second kappa shape index (κ2) is 54.0. The molecule has 0 aliphatic rings. The van der Waals surface area contributed by atoms with Crippen LogP contribution >= 0.6 is 0 Å². The highest BCUT2D eigenvalue weighted by atomic mass is 16.6. The smallest absolute Gasteiger partial charge is 0.306 e. The van der Waals surface area contributed by atoms with E-state index in [0.29, 0.717) is 19.3 Å². The summed E-state index contributed by atoms with van der Waals surface area (Å²) in [5.74, 6) is -0.912. The molecule has 1 atom stereocenters. The van der Waals surface area contributed by atoms with E-state index in [2.05, 4.69) is 69.4 Å². The van der Waals surface area contributed by atoms with Gasteiger partial charge in [-0.15, -0.1) is 0 Å². The van der Waals surface area contributed by atoms with Crippen molar-refractivity contribution in [3.05, 3.63) is 48.6 Å². The van der Waals surface area contributed by atoms with E-state index >= 15 is 0 Å². The molecule has 0 fully saturated rings. The van der Waals surface area contributed by atoms with E-state index in [-0.39, 0.29) is 37.5 Å². The number of unbranched alkanes of at least 4 members (excludes halogenated alkanes) is 32. The van der Waals surface area contributed by atoms with Gasteiger partial charge in [-0.05, 0) is 57.8 Å². The van der Waals surface area contributed by atoms with Crippen LogP contribution < -0.4 is 0 Å². The Morgan fingerprint density at radius 1 is 0.323 bits per heavy atom. The average Bonchev–Trinajstić information content (AvgIpc) is 3.30. The van der Waals surface area contributed by atoms with Crippen molar-refractivity contribution < 1.29 is 28.6 Å². The number of carbonyl (C=O) groups is 3. The van der Waals surface area contributed by atoms with Gasteiger partial charge >= 0.3 is 17.9 Å². The number of rotatable bonds is 51. The van der Waals surface area contributed by atoms with Crippen molar-refractivity contribution in [3.8, 4) is 0 Å². The topological polar surface area (TPSA) is 78.9 Å². The average molecular weight is 911 g/mol. The maximum absolute atomic E-state index is 12.8. The molecular formula is C59H106O6. The van der Waals surface area contributed by atoms with E-state index in [1.54, 1.807) is 0 Å². The van der Waals surface area contributed by atoms with Crippen LogP contribution in [0.4, 0.5) is 0 Å². The summed E-state index contributed by atoms with van der Waals surface area (Å²) >= 11 is 0. The molecule has 0 rings (SSSR count). The highest BCUT2D eigenvalue weighted by Gasteiger charge is 2.19. The highest BCUT2D eigenvalue weighted by molar-refractivity contribution is 5.71. The Morgan fingerprint density at radius 3 is 0.938 bits per heavy atom. The van der Waals surface area contributed by atoms with Gasteiger partial charge in [0.15, 0.2) is 6.10 Å². The van der Waals surface area contributed by atoms with Crippen LogP contribution in [0.1, 0.15) is 290 Å². The number of carbonyl (C=O) groups excluding carboxylic acids is 3. The second-order valence-electron chi connectivity index (χ2n) is 18.8. The maximum atomic E-state index is 12.8. The van der Waals surface area contributed by atoms with Crippen LogP contribution in [-0.2, 0) is 28.6 Å². The number of hydrogen-bond donors (Lipinski definition) is 0. The first-order chi connectivity index (χ1) is 32.0. The van der Waals surface area contributed by atoms with E-state index < -0.39 is 6.10 Å². The minimum absolute atomic E-state index is 0.0856. The molecule has 6 nitrogen and oxygen atoms in total. The van der Waals surface area contributed by atoms with Gasteiger partial charge < -0.3 is 14.2 Å². The fourth-order valence-electron chi connectivity index (χ4n) is 8.14. The summed E-state index contributed by atoms with van der Waals surface area (Å²) in [7, 11) is 0. The van der Waals surface area contributed by atoms with Crippen LogP contribution in [0.5, 0.6) is 0 Å². The fraction of sp³-hybridized carbons (Fsp3) is 0.814. The third-order valence-corrected chi connectivity index (χ3v) is 12.3. The van der Waals surface area contributed by atoms with Crippen molar-refractivity contribution in [1.29, 1.82) is 0 Å². The summed E-state index contributed by atoms with van der Waals surface area (Å²) in [6.07, 6.45) is 65.3. The molecule has 65 heavy (non-hydrogen) atoms. The zero-order chi connectivity index (χ0) is 47.2. The van der Waals surface area contributed by atoms with Gasteiger partial charge in [0.2, 0.25) is 0 Å². The molecule has 0 bridgehead atoms. The molecule has 0 heterocycles. The van der Waals surface area contributed by atoms with Gasteiger partial charge in [-0.1, -0.05) is 262 Å². The third kappa shape index (κ3) is 52.2. The van der Waals surface area contributed by atoms with Crippen LogP contribution in [-0.4, -0.2) is 37.2 Å². The summed E-state index contributed by atoms with van der Waals surface area (Å²) in [5.41, 5.74) is 0. The van der Waals surface area contributed by atoms with E-state index in [4.69, 9.17) is 14.2 Å². The van der Waals surface area contributed by atoms with Crippen LogP contribution in [0.15, 0.2) is 48.6 Å². The van der Waals surface area contributed by atoms with Gasteiger partial charge in [0, 0.05) is 19.3 Å². The lowest BCUT2D eigenvalue weighted by atomic mass is 10.0. The highest BCUT2D eigenvalue weighted by Crippen LogP contribution is 2.17. The fourth-order valence-corrected chi connectivity index (χ4v) is 8.14. The van der Waals surface area contributed by atoms with Gasteiger partial charge in [0.05, 0.1) is 0 Å². The molecule has 0 aliphatic heterocycles. The molecule has 378 valence electrons. The standard InChI is InChI=1S/C59H106O6/c1-4-7-10-13-16-19-22-25-28-29-30-32-34-37-40-43-46-49-52-58(61)64-55-56(54-63-57(60)51-48-45-42-39-36-33-27-24-21-18-15-12-9-6-3)65-59(62)53-50-47-44-41-38-35-31-26-23-20-17-14-11-8-5-2/h8,11,17,20,26,31,38,41,56H,4-7,9-10,12-16,18-19,21-25,27-30,32-37,39-40,42-55H2,1-3H3/b11-8-,20-17-,31-26-,41-38-/t56-/m1/s1. The minimum Gasteiger partial charge on any atom is -0.462 e. The zero-order valence-electron chi connectivity index (χ0n) is 43.3. The van der Waals surface area contributed by atoms with Crippen molar-refractivity contribution in [3.63, 3.8) is 0 Å². The zero-order valence-corrected chi connectivity index (χ0v) is 43.3. The van der Waals surface area contributed by atoms with Gasteiger partial charge in [-0.25, -0.2) is 0 Å². The van der Waals surface area contributed by atoms with Crippen LogP contribution in [0, 0.1) is 0 Å². The quantitative estimate of drug-likeness (QED) is 0.0262. The first-order valence-corrected chi connectivity index (χ1v) is 28.1. The van der Waals surface area contributed by atoms with Gasteiger partial charge in [0.1, 0.15) is 13.2 Å². The second-order valence-corrected chi connectivity index (χ2v) is 18.8. The van der Waals surface area contributed by atoms with E-state index in [0.717, 1.165) is 77.0 Å². The molecule has 0 aromatic rings. The molecule has 0 radical (unpaired) electrons. The molecule has 6 heteroatoms. The summed E-state index contributed by atoms with van der Waals surface area (Å²) in [6.45, 7) is 6.53. The Labute approximate surface area is 403 Å². The summed E-state index contributed by atoms with van der Waals surface area (Å²) < 4.78 is 16.8. The van der Waals surface area contributed by atoms with Crippen LogP contribution in [0.2, 0.25) is 0 Å². The first-order valence-electron chi connectivity index (χ1n) is 28.1. The Morgan fingerprint density at radius 2 is 0.600 bits per heavy atom. The van der Waals surface area contributed by atoms with Crippen molar-refractivity contribution >= 4 is 17.9 Å². The summed E-state index contributed by atoms with van der Waals surface area (Å²) in [4.78, 5) is 38.1. The van der Waals surface area contributed by atoms with Crippen LogP contribution in [0.3, 0.4) is 0 Å². The number of hydrogen-bond acceptors (Lipinski definition) is 6.